The molecular weight excluding hydrogens is 493 g/mol. The third-order valence-corrected chi connectivity index (χ3v) is 13.9. The number of rotatable bonds is 8. The second-order valence-corrected chi connectivity index (χ2v) is 30.1. The van der Waals surface area contributed by atoms with Gasteiger partial charge in [0.2, 0.25) is 0 Å². The van der Waals surface area contributed by atoms with Crippen LogP contribution in [0.1, 0.15) is 71.6 Å². The van der Waals surface area contributed by atoms with Crippen molar-refractivity contribution in [2.45, 2.75) is 143 Å². The van der Waals surface area contributed by atoms with Gasteiger partial charge in [0.15, 0.2) is 25.0 Å². The van der Waals surface area contributed by atoms with Crippen LogP contribution in [0.3, 0.4) is 0 Å². The summed E-state index contributed by atoms with van der Waals surface area (Å²) in [6.45, 7) is 27.4. The SMILES string of the molecule is CC12CCC3C(CC[C@H]4C[C@@H](O[Si](C)(C)C)CCC34C)C1CCC2[C@@H](CO[Si](C)(C)C)O[Si](C)(C)C. The fourth-order valence-corrected chi connectivity index (χ4v) is 12.5. The van der Waals surface area contributed by atoms with Crippen LogP contribution in [-0.2, 0) is 13.3 Å². The van der Waals surface area contributed by atoms with E-state index in [-0.39, 0.29) is 6.10 Å². The molecule has 0 saturated heterocycles. The van der Waals surface area contributed by atoms with Crippen molar-refractivity contribution in [3.05, 3.63) is 0 Å². The average molecular weight is 553 g/mol. The molecule has 0 aromatic rings. The molecule has 0 aliphatic heterocycles. The van der Waals surface area contributed by atoms with Gasteiger partial charge in [0.25, 0.3) is 0 Å². The number of fused-ring (bicyclic) bond motifs is 5. The molecule has 6 unspecified atom stereocenters. The summed E-state index contributed by atoms with van der Waals surface area (Å²) in [5.41, 5.74) is 0.965. The Labute approximate surface area is 227 Å². The van der Waals surface area contributed by atoms with E-state index in [0.29, 0.717) is 22.9 Å². The summed E-state index contributed by atoms with van der Waals surface area (Å²) in [4.78, 5) is 0. The minimum Gasteiger partial charge on any atom is -0.415 e. The maximum atomic E-state index is 6.95. The van der Waals surface area contributed by atoms with Gasteiger partial charge < -0.3 is 13.3 Å². The van der Waals surface area contributed by atoms with Gasteiger partial charge in [-0.1, -0.05) is 13.8 Å². The highest BCUT2D eigenvalue weighted by Gasteiger charge is 2.61. The molecule has 0 amide bonds. The van der Waals surface area contributed by atoms with Crippen LogP contribution in [0.15, 0.2) is 0 Å². The van der Waals surface area contributed by atoms with Gasteiger partial charge >= 0.3 is 0 Å². The molecule has 4 saturated carbocycles. The van der Waals surface area contributed by atoms with Crippen molar-refractivity contribution in [2.24, 2.45) is 40.4 Å². The van der Waals surface area contributed by atoms with Crippen molar-refractivity contribution in [3.63, 3.8) is 0 Å². The van der Waals surface area contributed by atoms with Gasteiger partial charge in [-0.25, -0.2) is 0 Å². The molecule has 210 valence electrons. The molecule has 9 atom stereocenters. The van der Waals surface area contributed by atoms with Crippen LogP contribution < -0.4 is 0 Å². The quantitative estimate of drug-likeness (QED) is 0.281. The third kappa shape index (κ3) is 6.30. The van der Waals surface area contributed by atoms with E-state index in [1.54, 1.807) is 0 Å². The summed E-state index contributed by atoms with van der Waals surface area (Å²) in [7, 11) is -4.66. The average Bonchev–Trinajstić information content (AvgIpc) is 3.06. The molecule has 0 bridgehead atoms. The van der Waals surface area contributed by atoms with E-state index < -0.39 is 25.0 Å². The maximum Gasteiger partial charge on any atom is 0.184 e. The first-order valence-corrected chi connectivity index (χ1v) is 25.6. The monoisotopic (exact) mass is 552 g/mol. The zero-order valence-electron chi connectivity index (χ0n) is 25.8. The predicted molar refractivity (Wildman–Crippen MR) is 161 cm³/mol. The molecular formula is C30H60O3Si3. The summed E-state index contributed by atoms with van der Waals surface area (Å²) >= 11 is 0. The van der Waals surface area contributed by atoms with E-state index in [4.69, 9.17) is 13.3 Å². The first kappa shape index (κ1) is 29.5. The van der Waals surface area contributed by atoms with Crippen molar-refractivity contribution >= 4 is 25.0 Å². The minimum absolute atomic E-state index is 0.288. The molecule has 0 aromatic carbocycles. The molecule has 0 spiro atoms. The smallest absolute Gasteiger partial charge is 0.184 e. The lowest BCUT2D eigenvalue weighted by Gasteiger charge is -2.61. The first-order chi connectivity index (χ1) is 16.4. The summed E-state index contributed by atoms with van der Waals surface area (Å²) in [5.74, 6) is 4.28. The molecule has 36 heavy (non-hydrogen) atoms. The van der Waals surface area contributed by atoms with E-state index in [9.17, 15) is 0 Å². The Hall–Kier alpha value is 0.531. The molecule has 0 heterocycles. The van der Waals surface area contributed by atoms with E-state index in [2.05, 4.69) is 72.8 Å². The molecule has 4 rings (SSSR count). The molecule has 3 nitrogen and oxygen atoms in total. The van der Waals surface area contributed by atoms with Crippen molar-refractivity contribution in [2.75, 3.05) is 6.61 Å². The van der Waals surface area contributed by atoms with Crippen molar-refractivity contribution in [3.8, 4) is 0 Å². The highest BCUT2D eigenvalue weighted by Crippen LogP contribution is 2.68. The lowest BCUT2D eigenvalue weighted by Crippen LogP contribution is -2.55. The summed E-state index contributed by atoms with van der Waals surface area (Å²) in [6.07, 6.45) is 13.3. The normalized spacial score (nSPS) is 42.4. The lowest BCUT2D eigenvalue weighted by molar-refractivity contribution is -0.132. The Kier molecular flexibility index (Phi) is 8.34. The van der Waals surface area contributed by atoms with E-state index in [1.807, 2.05) is 0 Å². The Morgan fingerprint density at radius 1 is 0.694 bits per heavy atom. The molecule has 6 heteroatoms. The van der Waals surface area contributed by atoms with Crippen molar-refractivity contribution in [1.29, 1.82) is 0 Å². The van der Waals surface area contributed by atoms with E-state index in [1.165, 1.54) is 57.8 Å². The molecule has 0 aromatic heterocycles. The standard InChI is InChI=1S/C30H60O3Si3/c1-29-18-16-23(32-35(6,7)8)20-22(29)12-13-24-25-14-15-27(30(25,2)19-17-26(24)29)28(33-36(9,10)11)21-31-34(3,4)5/h22-28H,12-21H2,1-11H3/t22-,23-,24?,25?,26?,27?,28+,29?,30?/m0/s1. The molecule has 4 aliphatic rings. The van der Waals surface area contributed by atoms with Crippen LogP contribution in [0, 0.1) is 40.4 Å². The fraction of sp³-hybridized carbons (Fsp3) is 1.00. The van der Waals surface area contributed by atoms with Crippen LogP contribution in [-0.4, -0.2) is 43.8 Å². The summed E-state index contributed by atoms with van der Waals surface area (Å²) in [6, 6.07) is 0. The van der Waals surface area contributed by atoms with Crippen LogP contribution in [0.5, 0.6) is 0 Å². The highest BCUT2D eigenvalue weighted by atomic mass is 28.4. The molecule has 4 fully saturated rings. The zero-order chi connectivity index (χ0) is 26.7. The van der Waals surface area contributed by atoms with Gasteiger partial charge in [-0.15, -0.1) is 0 Å². The second-order valence-electron chi connectivity index (χ2n) is 16.7. The fourth-order valence-electron chi connectivity index (χ4n) is 9.50. The zero-order valence-corrected chi connectivity index (χ0v) is 28.8. The van der Waals surface area contributed by atoms with Crippen LogP contribution in [0.4, 0.5) is 0 Å². The van der Waals surface area contributed by atoms with Gasteiger partial charge in [0.1, 0.15) is 0 Å². The van der Waals surface area contributed by atoms with Crippen molar-refractivity contribution < 1.29 is 13.3 Å². The van der Waals surface area contributed by atoms with Gasteiger partial charge in [0, 0.05) is 6.10 Å². The van der Waals surface area contributed by atoms with Crippen molar-refractivity contribution in [1.82, 2.24) is 0 Å². The number of hydrogen-bond acceptors (Lipinski definition) is 3. The number of hydrogen-bond donors (Lipinski definition) is 0. The molecule has 0 radical (unpaired) electrons. The van der Waals surface area contributed by atoms with Crippen LogP contribution in [0.2, 0.25) is 58.9 Å². The Balaban J connectivity index is 1.50. The summed E-state index contributed by atoms with van der Waals surface area (Å²) < 4.78 is 20.1. The van der Waals surface area contributed by atoms with Gasteiger partial charge in [-0.3, -0.25) is 0 Å². The Bertz CT molecular complexity index is 769. The van der Waals surface area contributed by atoms with Gasteiger partial charge in [-0.05, 0) is 157 Å². The topological polar surface area (TPSA) is 27.7 Å². The first-order valence-electron chi connectivity index (χ1n) is 15.4. The van der Waals surface area contributed by atoms with E-state index >= 15 is 0 Å². The maximum absolute atomic E-state index is 6.95. The Morgan fingerprint density at radius 2 is 1.33 bits per heavy atom. The minimum atomic E-state index is -1.64. The second kappa shape index (κ2) is 10.2. The predicted octanol–water partition coefficient (Wildman–Crippen LogP) is 8.94. The molecule has 0 N–H and O–H groups in total. The largest absolute Gasteiger partial charge is 0.415 e. The van der Waals surface area contributed by atoms with Crippen LogP contribution >= 0.6 is 0 Å². The van der Waals surface area contributed by atoms with Gasteiger partial charge in [-0.2, -0.15) is 0 Å². The van der Waals surface area contributed by atoms with Gasteiger partial charge in [0.05, 0.1) is 12.7 Å². The highest BCUT2D eigenvalue weighted by molar-refractivity contribution is 6.70. The lowest BCUT2D eigenvalue weighted by atomic mass is 9.44. The van der Waals surface area contributed by atoms with Crippen LogP contribution in [0.25, 0.3) is 0 Å². The van der Waals surface area contributed by atoms with E-state index in [0.717, 1.165) is 30.3 Å². The summed E-state index contributed by atoms with van der Waals surface area (Å²) in [5, 5.41) is 0. The third-order valence-electron chi connectivity index (χ3n) is 10.8. The molecule has 4 aliphatic carbocycles. The Morgan fingerprint density at radius 3 is 1.94 bits per heavy atom.